The standard InChI is InChI=1S/C7H13NO/c8-7-3-6(7)5-1-2-9-4-5/h5-7H,1-4,8H2/t5-,6-,7+/m1/s1. The molecular weight excluding hydrogens is 114 g/mol. The Hall–Kier alpha value is -0.0800. The largest absolute Gasteiger partial charge is 0.381 e. The van der Waals surface area contributed by atoms with Crippen LogP contribution in [0.3, 0.4) is 0 Å². The summed E-state index contributed by atoms with van der Waals surface area (Å²) in [6.07, 6.45) is 2.49. The molecule has 0 unspecified atom stereocenters. The van der Waals surface area contributed by atoms with Crippen molar-refractivity contribution >= 4 is 0 Å². The van der Waals surface area contributed by atoms with Gasteiger partial charge in [-0.3, -0.25) is 0 Å². The highest BCUT2D eigenvalue weighted by atomic mass is 16.5. The lowest BCUT2D eigenvalue weighted by atomic mass is 10.0. The van der Waals surface area contributed by atoms with Gasteiger partial charge in [-0.25, -0.2) is 0 Å². The van der Waals surface area contributed by atoms with E-state index in [1.807, 2.05) is 0 Å². The second-order valence-electron chi connectivity index (χ2n) is 3.19. The van der Waals surface area contributed by atoms with Crippen molar-refractivity contribution < 1.29 is 4.74 Å². The van der Waals surface area contributed by atoms with Crippen molar-refractivity contribution in [3.8, 4) is 0 Å². The van der Waals surface area contributed by atoms with Gasteiger partial charge in [-0.1, -0.05) is 0 Å². The van der Waals surface area contributed by atoms with E-state index < -0.39 is 0 Å². The molecule has 52 valence electrons. The van der Waals surface area contributed by atoms with Crippen molar-refractivity contribution in [3.05, 3.63) is 0 Å². The number of nitrogens with two attached hydrogens (primary N) is 1. The lowest BCUT2D eigenvalue weighted by Gasteiger charge is -2.02. The minimum atomic E-state index is 0.511. The molecule has 1 aliphatic heterocycles. The molecule has 1 saturated carbocycles. The summed E-state index contributed by atoms with van der Waals surface area (Å²) >= 11 is 0. The molecule has 1 aliphatic carbocycles. The van der Waals surface area contributed by atoms with Gasteiger partial charge in [-0.15, -0.1) is 0 Å². The average molecular weight is 127 g/mol. The van der Waals surface area contributed by atoms with Gasteiger partial charge in [0.25, 0.3) is 0 Å². The third-order valence-corrected chi connectivity index (χ3v) is 2.46. The Morgan fingerprint density at radius 1 is 1.44 bits per heavy atom. The molecule has 9 heavy (non-hydrogen) atoms. The maximum absolute atomic E-state index is 5.69. The highest BCUT2D eigenvalue weighted by molar-refractivity contribution is 4.95. The molecular formula is C7H13NO. The van der Waals surface area contributed by atoms with Crippen molar-refractivity contribution in [1.29, 1.82) is 0 Å². The van der Waals surface area contributed by atoms with Crippen molar-refractivity contribution in [2.24, 2.45) is 17.6 Å². The third-order valence-electron chi connectivity index (χ3n) is 2.46. The van der Waals surface area contributed by atoms with Crippen LogP contribution in [0.25, 0.3) is 0 Å². The molecule has 3 atom stereocenters. The van der Waals surface area contributed by atoms with E-state index in [0.717, 1.165) is 25.0 Å². The highest BCUT2D eigenvalue weighted by Crippen LogP contribution is 2.39. The number of hydrogen-bond donors (Lipinski definition) is 1. The SMILES string of the molecule is N[C@H]1C[C@@H]1[C@@H]1CCOC1. The zero-order valence-corrected chi connectivity index (χ0v) is 5.55. The van der Waals surface area contributed by atoms with Crippen LogP contribution in [0.15, 0.2) is 0 Å². The first-order chi connectivity index (χ1) is 4.38. The molecule has 0 bridgehead atoms. The van der Waals surface area contributed by atoms with E-state index in [9.17, 15) is 0 Å². The zero-order valence-electron chi connectivity index (χ0n) is 5.55. The Bertz CT molecular complexity index is 109. The summed E-state index contributed by atoms with van der Waals surface area (Å²) in [5, 5.41) is 0. The third kappa shape index (κ3) is 0.970. The minimum absolute atomic E-state index is 0.511. The van der Waals surface area contributed by atoms with Crippen LogP contribution >= 0.6 is 0 Å². The zero-order chi connectivity index (χ0) is 6.27. The van der Waals surface area contributed by atoms with Gasteiger partial charge in [-0.05, 0) is 24.7 Å². The number of rotatable bonds is 1. The van der Waals surface area contributed by atoms with Crippen molar-refractivity contribution in [2.45, 2.75) is 18.9 Å². The van der Waals surface area contributed by atoms with Crippen LogP contribution in [0, 0.1) is 11.8 Å². The Morgan fingerprint density at radius 2 is 2.22 bits per heavy atom. The van der Waals surface area contributed by atoms with Gasteiger partial charge in [0.1, 0.15) is 0 Å². The summed E-state index contributed by atoms with van der Waals surface area (Å²) < 4.78 is 5.25. The van der Waals surface area contributed by atoms with Crippen molar-refractivity contribution in [2.75, 3.05) is 13.2 Å². The van der Waals surface area contributed by atoms with Gasteiger partial charge in [0, 0.05) is 19.3 Å². The van der Waals surface area contributed by atoms with Crippen LogP contribution in [0.5, 0.6) is 0 Å². The van der Waals surface area contributed by atoms with Crippen LogP contribution in [-0.4, -0.2) is 19.3 Å². The summed E-state index contributed by atoms with van der Waals surface area (Å²) in [6.45, 7) is 1.94. The Balaban J connectivity index is 1.85. The van der Waals surface area contributed by atoms with E-state index in [2.05, 4.69) is 0 Å². The summed E-state index contributed by atoms with van der Waals surface area (Å²) in [5.74, 6) is 1.62. The highest BCUT2D eigenvalue weighted by Gasteiger charge is 2.41. The molecule has 0 aromatic carbocycles. The maximum atomic E-state index is 5.69. The van der Waals surface area contributed by atoms with Crippen molar-refractivity contribution in [1.82, 2.24) is 0 Å². The molecule has 2 fully saturated rings. The fraction of sp³-hybridized carbons (Fsp3) is 1.00. The molecule has 0 spiro atoms. The second-order valence-corrected chi connectivity index (χ2v) is 3.19. The molecule has 2 heteroatoms. The van der Waals surface area contributed by atoms with E-state index in [-0.39, 0.29) is 0 Å². The van der Waals surface area contributed by atoms with E-state index in [1.54, 1.807) is 0 Å². The molecule has 2 nitrogen and oxygen atoms in total. The second kappa shape index (κ2) is 1.96. The predicted molar refractivity (Wildman–Crippen MR) is 35.0 cm³/mol. The van der Waals surface area contributed by atoms with Crippen LogP contribution in [0.4, 0.5) is 0 Å². The molecule has 0 aromatic rings. The minimum Gasteiger partial charge on any atom is -0.381 e. The topological polar surface area (TPSA) is 35.2 Å². The van der Waals surface area contributed by atoms with Gasteiger partial charge >= 0.3 is 0 Å². The molecule has 2 aliphatic rings. The van der Waals surface area contributed by atoms with Gasteiger partial charge in [-0.2, -0.15) is 0 Å². The van der Waals surface area contributed by atoms with Gasteiger partial charge in [0.15, 0.2) is 0 Å². The lowest BCUT2D eigenvalue weighted by Crippen LogP contribution is -2.10. The fourth-order valence-electron chi connectivity index (χ4n) is 1.67. The Kier molecular flexibility index (Phi) is 1.24. The summed E-state index contributed by atoms with van der Waals surface area (Å²) in [5.41, 5.74) is 5.69. The normalized spacial score (nSPS) is 49.7. The number of hydrogen-bond acceptors (Lipinski definition) is 2. The summed E-state index contributed by atoms with van der Waals surface area (Å²) in [4.78, 5) is 0. The van der Waals surface area contributed by atoms with Crippen LogP contribution in [0.2, 0.25) is 0 Å². The van der Waals surface area contributed by atoms with E-state index in [4.69, 9.17) is 10.5 Å². The summed E-state index contributed by atoms with van der Waals surface area (Å²) in [7, 11) is 0. The fourth-order valence-corrected chi connectivity index (χ4v) is 1.67. The quantitative estimate of drug-likeness (QED) is 0.552. The van der Waals surface area contributed by atoms with Crippen LogP contribution < -0.4 is 5.73 Å². The first kappa shape index (κ1) is 5.69. The van der Waals surface area contributed by atoms with E-state index in [1.165, 1.54) is 12.8 Å². The average Bonchev–Trinajstić information content (AvgIpc) is 2.44. The Morgan fingerprint density at radius 3 is 2.67 bits per heavy atom. The first-order valence-corrected chi connectivity index (χ1v) is 3.71. The molecule has 0 aromatic heterocycles. The first-order valence-electron chi connectivity index (χ1n) is 3.71. The van der Waals surface area contributed by atoms with Gasteiger partial charge < -0.3 is 10.5 Å². The molecule has 1 saturated heterocycles. The van der Waals surface area contributed by atoms with Crippen LogP contribution in [0.1, 0.15) is 12.8 Å². The van der Waals surface area contributed by atoms with Gasteiger partial charge in [0.2, 0.25) is 0 Å². The Labute approximate surface area is 55.4 Å². The molecule has 0 amide bonds. The van der Waals surface area contributed by atoms with E-state index in [0.29, 0.717) is 6.04 Å². The molecule has 1 heterocycles. The number of ether oxygens (including phenoxy) is 1. The van der Waals surface area contributed by atoms with E-state index >= 15 is 0 Å². The van der Waals surface area contributed by atoms with Crippen molar-refractivity contribution in [3.63, 3.8) is 0 Å². The molecule has 0 radical (unpaired) electrons. The smallest absolute Gasteiger partial charge is 0.0498 e. The van der Waals surface area contributed by atoms with Gasteiger partial charge in [0.05, 0.1) is 0 Å². The molecule has 2 N–H and O–H groups in total. The molecule has 2 rings (SSSR count). The lowest BCUT2D eigenvalue weighted by molar-refractivity contribution is 0.181. The maximum Gasteiger partial charge on any atom is 0.0498 e. The predicted octanol–water partition coefficient (Wildman–Crippen LogP) is 0.370. The monoisotopic (exact) mass is 127 g/mol. The van der Waals surface area contributed by atoms with Crippen LogP contribution in [-0.2, 0) is 4.74 Å². The summed E-state index contributed by atoms with van der Waals surface area (Å²) in [6, 6.07) is 0.511.